The van der Waals surface area contributed by atoms with Crippen molar-refractivity contribution in [3.63, 3.8) is 0 Å². The zero-order valence-corrected chi connectivity index (χ0v) is 17.5. The standard InChI is InChI=1S/C20H14BrN3O4S/c1-24-18(25)17(11-12-2-7-16(15(21)10-12)28-9-8-22)29-20(24)23-14-5-3-13(4-6-14)19(26)27/h2-7,10-11H,9H2,1H3,(H,26,27)/b17-11-,23-20?. The van der Waals surface area contributed by atoms with Crippen molar-refractivity contribution in [2.75, 3.05) is 13.7 Å². The van der Waals surface area contributed by atoms with Gasteiger partial charge in [-0.1, -0.05) is 6.07 Å². The van der Waals surface area contributed by atoms with Gasteiger partial charge in [0.2, 0.25) is 0 Å². The summed E-state index contributed by atoms with van der Waals surface area (Å²) in [6, 6.07) is 13.3. The zero-order chi connectivity index (χ0) is 21.0. The summed E-state index contributed by atoms with van der Waals surface area (Å²) in [7, 11) is 1.63. The van der Waals surface area contributed by atoms with Crippen molar-refractivity contribution in [3.8, 4) is 11.8 Å². The Balaban J connectivity index is 1.82. The molecule has 0 bridgehead atoms. The number of halogens is 1. The third-order valence-electron chi connectivity index (χ3n) is 3.89. The number of hydrogen-bond donors (Lipinski definition) is 1. The topological polar surface area (TPSA) is 103 Å². The summed E-state index contributed by atoms with van der Waals surface area (Å²) < 4.78 is 5.97. The van der Waals surface area contributed by atoms with Crippen molar-refractivity contribution < 1.29 is 19.4 Å². The van der Waals surface area contributed by atoms with Crippen molar-refractivity contribution in [2.24, 2.45) is 4.99 Å². The number of ether oxygens (including phenoxy) is 1. The molecular formula is C20H14BrN3O4S. The van der Waals surface area contributed by atoms with Crippen molar-refractivity contribution >= 4 is 56.5 Å². The summed E-state index contributed by atoms with van der Waals surface area (Å²) in [6.45, 7) is -0.0502. The first-order valence-corrected chi connectivity index (χ1v) is 9.89. The van der Waals surface area contributed by atoms with Crippen LogP contribution in [0.25, 0.3) is 6.08 Å². The predicted molar refractivity (Wildman–Crippen MR) is 114 cm³/mol. The molecule has 0 unspecified atom stereocenters. The highest BCUT2D eigenvalue weighted by molar-refractivity contribution is 9.10. The predicted octanol–water partition coefficient (Wildman–Crippen LogP) is 4.28. The number of carbonyl (C=O) groups excluding carboxylic acids is 1. The van der Waals surface area contributed by atoms with E-state index < -0.39 is 5.97 Å². The Labute approximate surface area is 179 Å². The number of benzene rings is 2. The van der Waals surface area contributed by atoms with Crippen molar-refractivity contribution in [1.29, 1.82) is 5.26 Å². The maximum absolute atomic E-state index is 12.6. The second-order valence-corrected chi connectivity index (χ2v) is 7.72. The largest absolute Gasteiger partial charge is 0.478 e. The van der Waals surface area contributed by atoms with Crippen LogP contribution in [0.15, 0.2) is 56.8 Å². The molecule has 3 rings (SSSR count). The molecule has 0 aliphatic carbocycles. The quantitative estimate of drug-likeness (QED) is 0.652. The number of nitriles is 1. The average Bonchev–Trinajstić information content (AvgIpc) is 2.95. The third kappa shape index (κ3) is 4.85. The monoisotopic (exact) mass is 471 g/mol. The molecule has 2 aromatic rings. The van der Waals surface area contributed by atoms with Crippen LogP contribution in [0.2, 0.25) is 0 Å². The van der Waals surface area contributed by atoms with Gasteiger partial charge in [0.1, 0.15) is 11.8 Å². The van der Waals surface area contributed by atoms with Gasteiger partial charge in [-0.3, -0.25) is 9.69 Å². The van der Waals surface area contributed by atoms with E-state index in [0.29, 0.717) is 26.0 Å². The molecule has 1 heterocycles. The molecule has 1 saturated heterocycles. The summed E-state index contributed by atoms with van der Waals surface area (Å²) in [6.07, 6.45) is 1.75. The molecule has 0 atom stereocenters. The van der Waals surface area contributed by atoms with Crippen LogP contribution in [0.5, 0.6) is 5.75 Å². The second-order valence-electron chi connectivity index (χ2n) is 5.86. The molecule has 1 fully saturated rings. The van der Waals surface area contributed by atoms with Gasteiger partial charge in [0.05, 0.1) is 20.6 Å². The van der Waals surface area contributed by atoms with Crippen LogP contribution in [-0.4, -0.2) is 40.7 Å². The fourth-order valence-corrected chi connectivity index (χ4v) is 3.92. The lowest BCUT2D eigenvalue weighted by molar-refractivity contribution is -0.121. The normalized spacial score (nSPS) is 16.3. The fraction of sp³-hybridized carbons (Fsp3) is 0.100. The molecular weight excluding hydrogens is 458 g/mol. The van der Waals surface area contributed by atoms with Gasteiger partial charge in [-0.05, 0) is 75.7 Å². The first kappa shape index (κ1) is 20.6. The molecule has 0 spiro atoms. The molecule has 2 aromatic carbocycles. The molecule has 29 heavy (non-hydrogen) atoms. The van der Waals surface area contributed by atoms with E-state index in [1.807, 2.05) is 6.07 Å². The zero-order valence-electron chi connectivity index (χ0n) is 15.1. The highest BCUT2D eigenvalue weighted by Crippen LogP contribution is 2.34. The molecule has 1 aliphatic rings. The summed E-state index contributed by atoms with van der Waals surface area (Å²) in [4.78, 5) is 29.9. The highest BCUT2D eigenvalue weighted by atomic mass is 79.9. The molecule has 1 aliphatic heterocycles. The number of aliphatic imine (C=N–C) groups is 1. The van der Waals surface area contributed by atoms with E-state index in [-0.39, 0.29) is 18.1 Å². The van der Waals surface area contributed by atoms with Crippen LogP contribution < -0.4 is 4.74 Å². The number of amides is 1. The number of carboxylic acid groups (broad SMARTS) is 1. The van der Waals surface area contributed by atoms with E-state index in [0.717, 1.165) is 5.56 Å². The highest BCUT2D eigenvalue weighted by Gasteiger charge is 2.30. The lowest BCUT2D eigenvalue weighted by Crippen LogP contribution is -2.23. The summed E-state index contributed by atoms with van der Waals surface area (Å²) in [5.41, 5.74) is 1.52. The molecule has 0 aromatic heterocycles. The maximum Gasteiger partial charge on any atom is 0.335 e. The fourth-order valence-electron chi connectivity index (χ4n) is 2.43. The minimum absolute atomic E-state index is 0.0502. The number of thioether (sulfide) groups is 1. The molecule has 7 nitrogen and oxygen atoms in total. The number of likely N-dealkylation sites (N-methyl/N-ethyl adjacent to an activating group) is 1. The summed E-state index contributed by atoms with van der Waals surface area (Å²) >= 11 is 4.63. The molecule has 1 amide bonds. The van der Waals surface area contributed by atoms with Gasteiger partial charge < -0.3 is 9.84 Å². The summed E-state index contributed by atoms with van der Waals surface area (Å²) in [5, 5.41) is 18.1. The third-order valence-corrected chi connectivity index (χ3v) is 5.57. The minimum atomic E-state index is -1.01. The smallest absolute Gasteiger partial charge is 0.335 e. The van der Waals surface area contributed by atoms with Gasteiger partial charge in [0.15, 0.2) is 11.8 Å². The Bertz CT molecular complexity index is 1070. The second kappa shape index (κ2) is 8.94. The van der Waals surface area contributed by atoms with Gasteiger partial charge >= 0.3 is 5.97 Å². The van der Waals surface area contributed by atoms with E-state index in [4.69, 9.17) is 15.1 Å². The van der Waals surface area contributed by atoms with Gasteiger partial charge in [-0.2, -0.15) is 5.26 Å². The first-order chi connectivity index (χ1) is 13.9. The van der Waals surface area contributed by atoms with Crippen LogP contribution in [0.1, 0.15) is 15.9 Å². The Kier molecular flexibility index (Phi) is 6.36. The number of amidine groups is 1. The number of rotatable bonds is 5. The minimum Gasteiger partial charge on any atom is -0.478 e. The van der Waals surface area contributed by atoms with Crippen LogP contribution in [0.4, 0.5) is 5.69 Å². The van der Waals surface area contributed by atoms with Gasteiger partial charge in [0.25, 0.3) is 5.91 Å². The van der Waals surface area contributed by atoms with Crippen LogP contribution in [-0.2, 0) is 4.79 Å². The molecule has 9 heteroatoms. The van der Waals surface area contributed by atoms with E-state index in [1.165, 1.54) is 28.8 Å². The lowest BCUT2D eigenvalue weighted by Gasteiger charge is -2.07. The van der Waals surface area contributed by atoms with E-state index in [1.54, 1.807) is 43.5 Å². The average molecular weight is 472 g/mol. The lowest BCUT2D eigenvalue weighted by atomic mass is 10.2. The van der Waals surface area contributed by atoms with Crippen molar-refractivity contribution in [1.82, 2.24) is 4.90 Å². The number of aromatic carboxylic acids is 1. The Hall–Kier alpha value is -3.09. The van der Waals surface area contributed by atoms with Crippen molar-refractivity contribution in [3.05, 3.63) is 63.0 Å². The Morgan fingerprint density at radius 1 is 1.34 bits per heavy atom. The SMILES string of the molecule is CN1C(=O)/C(=C/c2ccc(OCC#N)c(Br)c2)SC1=Nc1ccc(C(=O)O)cc1. The maximum atomic E-state index is 12.6. The molecule has 0 radical (unpaired) electrons. The van der Waals surface area contributed by atoms with Gasteiger partial charge in [-0.15, -0.1) is 0 Å². The van der Waals surface area contributed by atoms with E-state index in [2.05, 4.69) is 20.9 Å². The van der Waals surface area contributed by atoms with E-state index in [9.17, 15) is 9.59 Å². The van der Waals surface area contributed by atoms with Crippen LogP contribution in [0.3, 0.4) is 0 Å². The Morgan fingerprint density at radius 3 is 2.69 bits per heavy atom. The van der Waals surface area contributed by atoms with Crippen LogP contribution >= 0.6 is 27.7 Å². The number of carboxylic acids is 1. The number of carbonyl (C=O) groups is 2. The van der Waals surface area contributed by atoms with Gasteiger partial charge in [-0.25, -0.2) is 9.79 Å². The first-order valence-electron chi connectivity index (χ1n) is 8.28. The van der Waals surface area contributed by atoms with E-state index >= 15 is 0 Å². The van der Waals surface area contributed by atoms with Crippen LogP contribution in [0, 0.1) is 11.3 Å². The van der Waals surface area contributed by atoms with Crippen molar-refractivity contribution in [2.45, 2.75) is 0 Å². The number of hydrogen-bond acceptors (Lipinski definition) is 6. The number of nitrogens with zero attached hydrogens (tertiary/aromatic N) is 3. The van der Waals surface area contributed by atoms with Gasteiger partial charge in [0, 0.05) is 7.05 Å². The molecule has 1 N–H and O–H groups in total. The summed E-state index contributed by atoms with van der Waals surface area (Å²) in [5.74, 6) is -0.646. The molecule has 146 valence electrons. The molecule has 0 saturated carbocycles. The Morgan fingerprint density at radius 2 is 2.07 bits per heavy atom.